The first-order valence-corrected chi connectivity index (χ1v) is 6.76. The van der Waals surface area contributed by atoms with Crippen molar-refractivity contribution in [2.45, 2.75) is 39.2 Å². The molecular formula is C15H18F3N7. The number of anilines is 3. The number of aromatic nitrogens is 4. The molecule has 0 atom stereocenters. The minimum atomic E-state index is -4.80. The molecule has 2 heterocycles. The minimum Gasteiger partial charge on any atom is -0.370 e. The molecule has 0 radical (unpaired) electrons. The Kier molecular flexibility index (Phi) is 2.53. The molecule has 134 valence electrons. The van der Waals surface area contributed by atoms with Crippen LogP contribution in [0.4, 0.5) is 30.6 Å². The van der Waals surface area contributed by atoms with E-state index >= 15 is 0 Å². The number of nitrogens with one attached hydrogen (secondary N) is 2. The summed E-state index contributed by atoms with van der Waals surface area (Å²) in [4.78, 5) is 7.18. The van der Waals surface area contributed by atoms with Gasteiger partial charge in [-0.15, -0.1) is 0 Å². The van der Waals surface area contributed by atoms with Crippen LogP contribution in [0, 0.1) is 18.2 Å². The van der Waals surface area contributed by atoms with Gasteiger partial charge in [0.25, 0.3) is 0 Å². The molecule has 0 bridgehead atoms. The van der Waals surface area contributed by atoms with Crippen molar-refractivity contribution < 1.29 is 25.5 Å². The van der Waals surface area contributed by atoms with Crippen molar-refractivity contribution in [3.63, 3.8) is 0 Å². The molecule has 2 N–H and O–H groups in total. The molecule has 0 aromatic carbocycles. The van der Waals surface area contributed by atoms with Crippen LogP contribution >= 0.6 is 0 Å². The molecule has 2 aromatic heterocycles. The quantitative estimate of drug-likeness (QED) is 0.847. The molecule has 2 rings (SSSR count). The summed E-state index contributed by atoms with van der Waals surface area (Å²) >= 11 is 0. The van der Waals surface area contributed by atoms with Crippen molar-refractivity contribution >= 4 is 17.5 Å². The maximum Gasteiger partial charge on any atom is 0.421 e. The fraction of sp³-hybridized carbons (Fsp3) is 0.467. The van der Waals surface area contributed by atoms with Crippen molar-refractivity contribution in [3.8, 4) is 6.07 Å². The van der Waals surface area contributed by atoms with Crippen LogP contribution in [0.1, 0.15) is 44.2 Å². The van der Waals surface area contributed by atoms with Gasteiger partial charge in [0.15, 0.2) is 0 Å². The van der Waals surface area contributed by atoms with E-state index in [-0.39, 0.29) is 11.2 Å². The molecule has 7 nitrogen and oxygen atoms in total. The topological polar surface area (TPSA) is 91.5 Å². The summed E-state index contributed by atoms with van der Waals surface area (Å²) in [6.07, 6.45) is -3.70. The number of aryl methyl sites for hydroxylation is 1. The Balaban J connectivity index is 2.71. The summed E-state index contributed by atoms with van der Waals surface area (Å²) < 4.78 is 108. The van der Waals surface area contributed by atoms with Gasteiger partial charge in [0.1, 0.15) is 16.9 Å². The van der Waals surface area contributed by atoms with Gasteiger partial charge in [-0.3, -0.25) is 4.68 Å². The lowest BCUT2D eigenvalue weighted by molar-refractivity contribution is -0.137. The Bertz CT molecular complexity index is 1070. The highest BCUT2D eigenvalue weighted by Gasteiger charge is 2.35. The molecule has 0 unspecified atom stereocenters. The van der Waals surface area contributed by atoms with Gasteiger partial charge in [0.05, 0.1) is 23.6 Å². The average Bonchev–Trinajstić information content (AvgIpc) is 3.03. The Hall–Kier alpha value is -2.83. The van der Waals surface area contributed by atoms with Crippen molar-refractivity contribution in [2.75, 3.05) is 17.2 Å². The third kappa shape index (κ3) is 3.99. The molecule has 0 aliphatic heterocycles. The standard InChI is InChI=1S/C15H18F3N7/c1-5-20-12-10(15(16,17)18)6-21-13(23-12)22-11-7-25(24-9(11)2)14(3,4)8-19/h6-7H,5H2,1-4H3,(H2,20,21,22,23)/i2D3,3D3,4D3. The highest BCUT2D eigenvalue weighted by molar-refractivity contribution is 5.58. The van der Waals surface area contributed by atoms with Crippen LogP contribution in [0.2, 0.25) is 0 Å². The van der Waals surface area contributed by atoms with Crippen molar-refractivity contribution in [3.05, 3.63) is 23.7 Å². The lowest BCUT2D eigenvalue weighted by Gasteiger charge is -2.15. The molecule has 0 aliphatic rings. The molecule has 0 saturated heterocycles. The Morgan fingerprint density at radius 2 is 2.16 bits per heavy atom. The Morgan fingerprint density at radius 3 is 2.72 bits per heavy atom. The summed E-state index contributed by atoms with van der Waals surface area (Å²) in [7, 11) is 0. The second kappa shape index (κ2) is 6.58. The number of alkyl halides is 3. The SMILES string of the molecule is [2H]C([2H])([2H])c1nn(C(C#N)(C([2H])([2H])[2H])C([2H])([2H])[2H])cc1Nc1ncc(C(F)(F)F)c(NCC)n1. The van der Waals surface area contributed by atoms with E-state index in [2.05, 4.69) is 25.7 Å². The van der Waals surface area contributed by atoms with Crippen molar-refractivity contribution in [1.29, 1.82) is 5.26 Å². The smallest absolute Gasteiger partial charge is 0.370 e. The van der Waals surface area contributed by atoms with Gasteiger partial charge in [-0.2, -0.15) is 28.5 Å². The van der Waals surface area contributed by atoms with E-state index in [1.807, 2.05) is 0 Å². The second-order valence-electron chi connectivity index (χ2n) is 4.77. The molecule has 0 saturated carbocycles. The minimum absolute atomic E-state index is 0.0554. The lowest BCUT2D eigenvalue weighted by atomic mass is 10.1. The van der Waals surface area contributed by atoms with E-state index in [1.165, 1.54) is 13.0 Å². The van der Waals surface area contributed by atoms with Gasteiger partial charge < -0.3 is 10.6 Å². The normalized spacial score (nSPS) is 18.8. The van der Waals surface area contributed by atoms with E-state index in [0.717, 1.165) is 0 Å². The summed E-state index contributed by atoms with van der Waals surface area (Å²) in [5.41, 5.74) is -5.85. The zero-order valence-corrected chi connectivity index (χ0v) is 12.7. The Labute approximate surface area is 155 Å². The van der Waals surface area contributed by atoms with Crippen LogP contribution in [-0.2, 0) is 11.7 Å². The predicted molar refractivity (Wildman–Crippen MR) is 86.4 cm³/mol. The molecule has 0 aliphatic carbocycles. The number of rotatable bonds is 5. The fourth-order valence-corrected chi connectivity index (χ4v) is 1.76. The first-order chi connectivity index (χ1) is 15.3. The van der Waals surface area contributed by atoms with Crippen LogP contribution in [0.5, 0.6) is 0 Å². The van der Waals surface area contributed by atoms with Crippen LogP contribution in [0.25, 0.3) is 0 Å². The predicted octanol–water partition coefficient (Wildman–Crippen LogP) is 3.43. The van der Waals surface area contributed by atoms with E-state index in [0.29, 0.717) is 12.4 Å². The Morgan fingerprint density at radius 1 is 1.40 bits per heavy atom. The molecular weight excluding hydrogens is 335 g/mol. The van der Waals surface area contributed by atoms with Crippen molar-refractivity contribution in [2.24, 2.45) is 0 Å². The fourth-order valence-electron chi connectivity index (χ4n) is 1.76. The van der Waals surface area contributed by atoms with Gasteiger partial charge in [0, 0.05) is 25.1 Å². The highest BCUT2D eigenvalue weighted by atomic mass is 19.4. The number of nitriles is 1. The van der Waals surface area contributed by atoms with E-state index in [1.54, 1.807) is 0 Å². The molecule has 2 aromatic rings. The summed E-state index contributed by atoms with van der Waals surface area (Å²) in [6.45, 7) is -8.44. The number of hydrogen-bond donors (Lipinski definition) is 2. The van der Waals surface area contributed by atoms with E-state index in [9.17, 15) is 18.4 Å². The second-order valence-corrected chi connectivity index (χ2v) is 4.77. The highest BCUT2D eigenvalue weighted by Crippen LogP contribution is 2.34. The molecule has 0 fully saturated rings. The number of nitrogens with zero attached hydrogens (tertiary/aromatic N) is 5. The van der Waals surface area contributed by atoms with E-state index in [4.69, 9.17) is 12.3 Å². The first kappa shape index (κ1) is 9.60. The van der Waals surface area contributed by atoms with Crippen LogP contribution in [0.15, 0.2) is 12.4 Å². The van der Waals surface area contributed by atoms with Gasteiger partial charge in [0.2, 0.25) is 5.95 Å². The van der Waals surface area contributed by atoms with Gasteiger partial charge in [-0.1, -0.05) is 0 Å². The molecule has 25 heavy (non-hydrogen) atoms. The molecule has 0 spiro atoms. The monoisotopic (exact) mass is 362 g/mol. The van der Waals surface area contributed by atoms with Crippen LogP contribution in [0.3, 0.4) is 0 Å². The zero-order chi connectivity index (χ0) is 26.3. The third-order valence-electron chi connectivity index (χ3n) is 2.90. The third-order valence-corrected chi connectivity index (χ3v) is 2.90. The maximum atomic E-state index is 13.2. The van der Waals surface area contributed by atoms with Gasteiger partial charge in [-0.05, 0) is 27.5 Å². The zero-order valence-electron chi connectivity index (χ0n) is 21.7. The molecule has 10 heteroatoms. The molecule has 0 amide bonds. The lowest BCUT2D eigenvalue weighted by Crippen LogP contribution is -2.24. The van der Waals surface area contributed by atoms with E-state index < -0.39 is 61.0 Å². The van der Waals surface area contributed by atoms with Crippen LogP contribution in [-0.4, -0.2) is 26.3 Å². The van der Waals surface area contributed by atoms with Crippen LogP contribution < -0.4 is 10.6 Å². The van der Waals surface area contributed by atoms with Crippen molar-refractivity contribution in [1.82, 2.24) is 19.7 Å². The van der Waals surface area contributed by atoms with Gasteiger partial charge in [-0.25, -0.2) is 4.98 Å². The number of halogens is 3. The largest absolute Gasteiger partial charge is 0.421 e. The summed E-state index contributed by atoms with van der Waals surface area (Å²) in [5, 5.41) is 17.9. The average molecular weight is 362 g/mol. The van der Waals surface area contributed by atoms with Gasteiger partial charge >= 0.3 is 6.18 Å². The first-order valence-electron chi connectivity index (χ1n) is 11.3. The maximum absolute atomic E-state index is 13.2. The summed E-state index contributed by atoms with van der Waals surface area (Å²) in [6, 6.07) is 1.22. The number of hydrogen-bond acceptors (Lipinski definition) is 6. The summed E-state index contributed by atoms with van der Waals surface area (Å²) in [5.74, 6) is -1.15.